The minimum Gasteiger partial charge on any atom is -0.455 e. The minimum atomic E-state index is 0.345. The zero-order valence-electron chi connectivity index (χ0n) is 26.1. The molecular formula is C44H24N4O. The maximum Gasteiger partial charge on any atom is 0.145 e. The zero-order valence-corrected chi connectivity index (χ0v) is 26.1. The van der Waals surface area contributed by atoms with Gasteiger partial charge in [0.25, 0.3) is 0 Å². The first-order valence-corrected chi connectivity index (χ1v) is 16.1. The van der Waals surface area contributed by atoms with Crippen molar-refractivity contribution in [3.8, 4) is 34.6 Å². The average Bonchev–Trinajstić information content (AvgIpc) is 3.81. The number of nitriles is 2. The van der Waals surface area contributed by atoms with Gasteiger partial charge in [-0.25, -0.2) is 0 Å². The minimum absolute atomic E-state index is 0.345. The van der Waals surface area contributed by atoms with Gasteiger partial charge in [0.15, 0.2) is 0 Å². The molecule has 0 bridgehead atoms. The van der Waals surface area contributed by atoms with Gasteiger partial charge < -0.3 is 13.6 Å². The summed E-state index contributed by atoms with van der Waals surface area (Å²) in [7, 11) is 0. The zero-order chi connectivity index (χ0) is 32.6. The Morgan fingerprint density at radius 2 is 1.14 bits per heavy atom. The van der Waals surface area contributed by atoms with Gasteiger partial charge in [-0.05, 0) is 83.9 Å². The molecule has 0 aliphatic carbocycles. The second-order valence-corrected chi connectivity index (χ2v) is 12.3. The fourth-order valence-electron chi connectivity index (χ4n) is 7.67. The van der Waals surface area contributed by atoms with Gasteiger partial charge in [-0.1, -0.05) is 72.8 Å². The van der Waals surface area contributed by atoms with Crippen molar-refractivity contribution < 1.29 is 4.42 Å². The lowest BCUT2D eigenvalue weighted by Crippen LogP contribution is -1.99. The first kappa shape index (κ1) is 27.1. The molecular weight excluding hydrogens is 601 g/mol. The van der Waals surface area contributed by atoms with Crippen LogP contribution >= 0.6 is 0 Å². The SMILES string of the molecule is N#Cc1cccc(-n2c3ccc(-c4ccc5c(c4)c4ccccc4n5-c4ccccc4)cc3c3c4oc5ccccc5c4ccc32)c1C#N. The molecule has 0 amide bonds. The molecule has 49 heavy (non-hydrogen) atoms. The number of hydrogen-bond donors (Lipinski definition) is 0. The Morgan fingerprint density at radius 3 is 1.94 bits per heavy atom. The highest BCUT2D eigenvalue weighted by Gasteiger charge is 2.22. The van der Waals surface area contributed by atoms with Gasteiger partial charge in [-0.15, -0.1) is 0 Å². The maximum absolute atomic E-state index is 10.2. The largest absolute Gasteiger partial charge is 0.455 e. The summed E-state index contributed by atoms with van der Waals surface area (Å²) in [6, 6.07) is 54.5. The molecule has 5 heteroatoms. The molecule has 0 aliphatic rings. The van der Waals surface area contributed by atoms with Crippen LogP contribution in [0.5, 0.6) is 0 Å². The van der Waals surface area contributed by atoms with Crippen LogP contribution < -0.4 is 0 Å². The van der Waals surface area contributed by atoms with Gasteiger partial charge in [0, 0.05) is 32.6 Å². The number of aromatic nitrogens is 2. The summed E-state index contributed by atoms with van der Waals surface area (Å²) < 4.78 is 11.0. The van der Waals surface area contributed by atoms with Crippen LogP contribution in [0.3, 0.4) is 0 Å². The van der Waals surface area contributed by atoms with Gasteiger partial charge in [0.05, 0.1) is 44.3 Å². The smallest absolute Gasteiger partial charge is 0.145 e. The third-order valence-electron chi connectivity index (χ3n) is 9.81. The van der Waals surface area contributed by atoms with E-state index in [-0.39, 0.29) is 0 Å². The van der Waals surface area contributed by atoms with Crippen LogP contribution in [0.1, 0.15) is 11.1 Å². The maximum atomic E-state index is 10.2. The van der Waals surface area contributed by atoms with Crippen LogP contribution in [0.15, 0.2) is 150 Å². The van der Waals surface area contributed by atoms with E-state index < -0.39 is 0 Å². The molecule has 0 radical (unpaired) electrons. The number of rotatable bonds is 3. The highest BCUT2D eigenvalue weighted by atomic mass is 16.3. The molecule has 0 saturated heterocycles. The predicted octanol–water partition coefficient (Wildman–Crippen LogP) is 11.2. The van der Waals surface area contributed by atoms with E-state index in [4.69, 9.17) is 4.42 Å². The Balaban J connectivity index is 1.28. The molecule has 7 aromatic carbocycles. The van der Waals surface area contributed by atoms with Gasteiger partial charge >= 0.3 is 0 Å². The predicted molar refractivity (Wildman–Crippen MR) is 197 cm³/mol. The Kier molecular flexibility index (Phi) is 5.64. The summed E-state index contributed by atoms with van der Waals surface area (Å²) in [6.45, 7) is 0. The van der Waals surface area contributed by atoms with Crippen LogP contribution in [-0.2, 0) is 0 Å². The molecule has 0 atom stereocenters. The van der Waals surface area contributed by atoms with Gasteiger partial charge in [-0.2, -0.15) is 10.5 Å². The standard InChI is InChI=1S/C44H24N4O/c45-25-29-9-8-15-38(36(29)26-46)48-40-21-18-28(24-35(40)43-41(48)22-19-33-32-13-5-7-16-42(32)49-44(33)43)27-17-20-39-34(23-27)31-12-4-6-14-37(31)47(39)30-10-2-1-3-11-30/h1-24H. The van der Waals surface area contributed by atoms with Gasteiger partial charge in [0.1, 0.15) is 23.3 Å². The summed E-state index contributed by atoms with van der Waals surface area (Å²) in [5.41, 5.74) is 10.4. The van der Waals surface area contributed by atoms with Gasteiger partial charge in [-0.3, -0.25) is 0 Å². The second kappa shape index (κ2) is 10.2. The lowest BCUT2D eigenvalue weighted by Gasteiger charge is -2.11. The summed E-state index contributed by atoms with van der Waals surface area (Å²) in [6.07, 6.45) is 0. The third-order valence-corrected chi connectivity index (χ3v) is 9.81. The molecule has 0 spiro atoms. The molecule has 0 fully saturated rings. The fourth-order valence-corrected chi connectivity index (χ4v) is 7.67. The third kappa shape index (κ3) is 3.79. The lowest BCUT2D eigenvalue weighted by atomic mass is 10.00. The topological polar surface area (TPSA) is 70.6 Å². The molecule has 0 N–H and O–H groups in total. The van der Waals surface area contributed by atoms with Crippen molar-refractivity contribution in [3.05, 3.63) is 157 Å². The van der Waals surface area contributed by atoms with Crippen molar-refractivity contribution in [1.29, 1.82) is 10.5 Å². The molecule has 10 rings (SSSR count). The Labute approximate surface area is 280 Å². The van der Waals surface area contributed by atoms with Crippen molar-refractivity contribution in [2.24, 2.45) is 0 Å². The van der Waals surface area contributed by atoms with Crippen LogP contribution in [0, 0.1) is 22.7 Å². The number of benzene rings is 7. The molecule has 226 valence electrons. The quantitative estimate of drug-likeness (QED) is 0.196. The first-order chi connectivity index (χ1) is 24.2. The Bertz CT molecular complexity index is 3070. The van der Waals surface area contributed by atoms with E-state index in [2.05, 4.69) is 124 Å². The Morgan fingerprint density at radius 1 is 0.469 bits per heavy atom. The fraction of sp³-hybridized carbons (Fsp3) is 0. The normalized spacial score (nSPS) is 11.6. The first-order valence-electron chi connectivity index (χ1n) is 16.1. The second-order valence-electron chi connectivity index (χ2n) is 12.3. The van der Waals surface area contributed by atoms with Crippen molar-refractivity contribution in [3.63, 3.8) is 0 Å². The number of para-hydroxylation sites is 3. The molecule has 3 heterocycles. The van der Waals surface area contributed by atoms with E-state index in [0.29, 0.717) is 16.8 Å². The molecule has 0 saturated carbocycles. The number of hydrogen-bond acceptors (Lipinski definition) is 3. The van der Waals surface area contributed by atoms with E-state index in [1.54, 1.807) is 6.07 Å². The summed E-state index contributed by atoms with van der Waals surface area (Å²) in [4.78, 5) is 0. The Hall–Kier alpha value is -7.08. The van der Waals surface area contributed by atoms with Crippen LogP contribution in [-0.4, -0.2) is 9.13 Å². The lowest BCUT2D eigenvalue weighted by molar-refractivity contribution is 0.673. The van der Waals surface area contributed by atoms with Crippen LogP contribution in [0.4, 0.5) is 0 Å². The number of nitrogens with zero attached hydrogens (tertiary/aromatic N) is 4. The summed E-state index contributed by atoms with van der Waals surface area (Å²) >= 11 is 0. The van der Waals surface area contributed by atoms with Crippen LogP contribution in [0.2, 0.25) is 0 Å². The molecule has 0 unspecified atom stereocenters. The van der Waals surface area contributed by atoms with E-state index in [0.717, 1.165) is 66.1 Å². The van der Waals surface area contributed by atoms with Crippen LogP contribution in [0.25, 0.3) is 88.1 Å². The van der Waals surface area contributed by atoms with Gasteiger partial charge in [0.2, 0.25) is 0 Å². The van der Waals surface area contributed by atoms with Crippen molar-refractivity contribution >= 4 is 65.6 Å². The summed E-state index contributed by atoms with van der Waals surface area (Å²) in [5.74, 6) is 0. The summed E-state index contributed by atoms with van der Waals surface area (Å²) in [5, 5.41) is 26.6. The van der Waals surface area contributed by atoms with Crippen molar-refractivity contribution in [1.82, 2.24) is 9.13 Å². The number of furan rings is 1. The molecule has 0 aliphatic heterocycles. The van der Waals surface area contributed by atoms with E-state index in [1.165, 1.54) is 16.3 Å². The highest BCUT2D eigenvalue weighted by molar-refractivity contribution is 6.24. The molecule has 3 aromatic heterocycles. The van der Waals surface area contributed by atoms with E-state index >= 15 is 0 Å². The average molecular weight is 625 g/mol. The van der Waals surface area contributed by atoms with E-state index in [9.17, 15) is 10.5 Å². The van der Waals surface area contributed by atoms with Crippen molar-refractivity contribution in [2.45, 2.75) is 0 Å². The monoisotopic (exact) mass is 624 g/mol. The van der Waals surface area contributed by atoms with Crippen molar-refractivity contribution in [2.75, 3.05) is 0 Å². The molecule has 5 nitrogen and oxygen atoms in total. The number of fused-ring (bicyclic) bond motifs is 10. The highest BCUT2D eigenvalue weighted by Crippen LogP contribution is 2.43. The van der Waals surface area contributed by atoms with E-state index in [1.807, 2.05) is 36.4 Å². The molecule has 10 aromatic rings.